The Morgan fingerprint density at radius 2 is 1.37 bits per heavy atom. The second-order valence-electron chi connectivity index (χ2n) is 23.0. The summed E-state index contributed by atoms with van der Waals surface area (Å²) in [5, 5.41) is 126. The van der Waals surface area contributed by atoms with E-state index in [1.165, 1.54) is 56.9 Å². The summed E-state index contributed by atoms with van der Waals surface area (Å²) in [7, 11) is 0. The zero-order valence-electron chi connectivity index (χ0n) is 50.4. The van der Waals surface area contributed by atoms with Crippen LogP contribution in [0.2, 0.25) is 0 Å². The number of aliphatic hydroxyl groups excluding tert-OH is 8. The third kappa shape index (κ3) is 20.4. The molecule has 3 aromatic rings. The molecule has 0 spiro atoms. The number of ether oxygens (including phenoxy) is 1. The minimum Gasteiger partial charge on any atom is -0.504 e. The monoisotopic (exact) mass is 1290 g/mol. The number of rotatable bonds is 27. The zero-order valence-corrected chi connectivity index (χ0v) is 51.2. The van der Waals surface area contributed by atoms with Gasteiger partial charge in [-0.3, -0.25) is 33.6 Å². The normalized spacial score (nSPS) is 25.0. The average molecular weight is 1290 g/mol. The van der Waals surface area contributed by atoms with Crippen LogP contribution in [0.5, 0.6) is 17.2 Å². The van der Waals surface area contributed by atoms with E-state index < -0.39 is 184 Å². The molecule has 3 saturated heterocycles. The zero-order chi connectivity index (χ0) is 65.6. The Kier molecular flexibility index (Phi) is 28.7. The summed E-state index contributed by atoms with van der Waals surface area (Å²) in [6.07, 6.45) is -4.49. The standard InChI is InChI=1S/C60H86N8O21S/c1-4-5-6-7-8-9-10-23-86-42-18-16-37(17-19-42)36-12-14-38(15-13-36)54(78)63-43-26-40(72)28-62-58(82)52-53(77)33(2)29-68(52)60(84)51(46(75)21-22-61-39(31-69)32-70)66-57(81)50(47(76)24-35-11-20-45(74)48(25-35)87-90-89-88-85)65-56(80)44-27-41(73)30-67(44)59(83)49(34(3)71)64-55(43)79/h11-20,25,33-34,39-41,43-44,46-47,49-53,61,69-77,85H,4-10,21-24,26-32H2,1-3H3,(H,62,82)(H,63,78)(H,64,79)(H,65,80)(H,66,81)/t33-,34+,40+,41+,43-,44-,46+,47+,49-,50-,51-,52-,53-/m0/s1. The summed E-state index contributed by atoms with van der Waals surface area (Å²) in [6, 6.07) is 5.09. The van der Waals surface area contributed by atoms with E-state index in [1.807, 2.05) is 24.3 Å². The lowest BCUT2D eigenvalue weighted by molar-refractivity contribution is -0.433. The van der Waals surface area contributed by atoms with Crippen LogP contribution in [0, 0.1) is 5.92 Å². The Morgan fingerprint density at radius 1 is 0.733 bits per heavy atom. The molecule has 13 atom stereocenters. The van der Waals surface area contributed by atoms with Gasteiger partial charge < -0.3 is 96.6 Å². The number of aliphatic hydroxyl groups is 8. The number of benzene rings is 3. The summed E-state index contributed by atoms with van der Waals surface area (Å²) < 4.78 is 15.3. The van der Waals surface area contributed by atoms with Crippen LogP contribution < -0.4 is 40.8 Å². The number of β-amino-alcohol motifs (C(OH)–C–C–N with tert-alkyl or cyclic N) is 1. The molecule has 0 aliphatic carbocycles. The second kappa shape index (κ2) is 35.7. The van der Waals surface area contributed by atoms with Crippen molar-refractivity contribution < 1.29 is 103 Å². The Bertz CT molecular complexity index is 2820. The van der Waals surface area contributed by atoms with Crippen LogP contribution in [-0.2, 0) is 44.6 Å². The van der Waals surface area contributed by atoms with Gasteiger partial charge in [0, 0.05) is 50.4 Å². The highest BCUT2D eigenvalue weighted by Crippen LogP contribution is 2.32. The number of hydrogen-bond donors (Lipinski definition) is 16. The predicted octanol–water partition coefficient (Wildman–Crippen LogP) is -1.17. The Balaban J connectivity index is 1.32. The van der Waals surface area contributed by atoms with Crippen LogP contribution in [-0.4, -0.2) is 227 Å². The van der Waals surface area contributed by atoms with Crippen molar-refractivity contribution in [3.8, 4) is 28.4 Å². The van der Waals surface area contributed by atoms with Gasteiger partial charge in [0.15, 0.2) is 11.5 Å². The molecule has 6 rings (SSSR count). The number of nitrogens with one attached hydrogen (secondary N) is 6. The van der Waals surface area contributed by atoms with E-state index in [4.69, 9.17) is 14.2 Å². The molecule has 0 radical (unpaired) electrons. The Labute approximate surface area is 525 Å². The van der Waals surface area contributed by atoms with Crippen LogP contribution in [0.1, 0.15) is 101 Å². The van der Waals surface area contributed by atoms with E-state index in [9.17, 15) is 79.5 Å². The molecular formula is C60H86N8O21S. The van der Waals surface area contributed by atoms with Gasteiger partial charge >= 0.3 is 0 Å². The summed E-state index contributed by atoms with van der Waals surface area (Å²) >= 11 is 0.0695. The number of amides is 7. The van der Waals surface area contributed by atoms with Crippen molar-refractivity contribution in [3.05, 3.63) is 77.9 Å². The molecule has 3 fully saturated rings. The van der Waals surface area contributed by atoms with Crippen molar-refractivity contribution >= 4 is 53.7 Å². The van der Waals surface area contributed by atoms with Gasteiger partial charge in [-0.15, -0.1) is 0 Å². The first-order chi connectivity index (χ1) is 43.1. The second-order valence-corrected chi connectivity index (χ2v) is 23.4. The molecule has 3 heterocycles. The number of phenolic OH excluding ortho intramolecular Hbond substituents is 1. The number of unbranched alkanes of at least 4 members (excludes halogenated alkanes) is 6. The van der Waals surface area contributed by atoms with E-state index in [1.54, 1.807) is 12.1 Å². The van der Waals surface area contributed by atoms with E-state index >= 15 is 0 Å². The number of phenols is 1. The Hall–Kier alpha value is -6.78. The smallest absolute Gasteiger partial charge is 0.261 e. The SMILES string of the molecule is CCCCCCCCCOc1ccc(-c2ccc(C(=O)N[C@H]3C[C@@H](O)CNC(=O)[C@@H]4[C@@H](O)[C@@H](C)CN4C(=O)[C@H]([C@H](O)CCNC(CO)CO)NC(=O)[C@H]([C@H](O)Cc4ccc(O)c(OSOOO)c4)NC(=O)[C@@H]4C[C@@H](O)CN4C(=O)[C@H]([C@@H](C)O)NC3=O)cc2)cc1. The average Bonchev–Trinajstić information content (AvgIpc) is 2.20. The number of aromatic hydroxyl groups is 1. The minimum atomic E-state index is -2.15. The molecule has 90 heavy (non-hydrogen) atoms. The molecule has 498 valence electrons. The molecule has 0 bridgehead atoms. The van der Waals surface area contributed by atoms with Gasteiger partial charge in [0.1, 0.15) is 42.0 Å². The maximum atomic E-state index is 14.9. The van der Waals surface area contributed by atoms with Gasteiger partial charge in [0.25, 0.3) is 18.2 Å². The fourth-order valence-electron chi connectivity index (χ4n) is 10.9. The summed E-state index contributed by atoms with van der Waals surface area (Å²) in [5.41, 5.74) is 1.70. The molecule has 3 aliphatic heterocycles. The molecule has 30 heteroatoms. The third-order valence-electron chi connectivity index (χ3n) is 16.1. The molecule has 3 aromatic carbocycles. The maximum absolute atomic E-state index is 14.9. The number of hydrogen-bond acceptors (Lipinski definition) is 23. The fourth-order valence-corrected chi connectivity index (χ4v) is 11.2. The highest BCUT2D eigenvalue weighted by Gasteiger charge is 2.50. The first kappa shape index (κ1) is 72.3. The van der Waals surface area contributed by atoms with Crippen molar-refractivity contribution in [2.24, 2.45) is 5.92 Å². The van der Waals surface area contributed by atoms with Gasteiger partial charge in [-0.1, -0.05) is 92.1 Å². The van der Waals surface area contributed by atoms with Crippen molar-refractivity contribution in [2.75, 3.05) is 46.0 Å². The predicted molar refractivity (Wildman–Crippen MR) is 322 cm³/mol. The minimum absolute atomic E-state index is 0.0555. The molecule has 29 nitrogen and oxygen atoms in total. The lowest BCUT2D eigenvalue weighted by Gasteiger charge is -2.34. The molecule has 0 aromatic heterocycles. The topological polar surface area (TPSA) is 437 Å². The number of fused-ring (bicyclic) bond motifs is 2. The van der Waals surface area contributed by atoms with Crippen molar-refractivity contribution in [1.82, 2.24) is 41.7 Å². The van der Waals surface area contributed by atoms with E-state index in [2.05, 4.69) is 48.2 Å². The highest BCUT2D eigenvalue weighted by atomic mass is 32.2. The number of carbonyl (C=O) groups is 7. The highest BCUT2D eigenvalue weighted by molar-refractivity contribution is 7.90. The van der Waals surface area contributed by atoms with Crippen LogP contribution in [0.4, 0.5) is 0 Å². The van der Waals surface area contributed by atoms with E-state index in [0.717, 1.165) is 53.2 Å². The number of nitrogens with zero attached hydrogens (tertiary/aromatic N) is 2. The summed E-state index contributed by atoms with van der Waals surface area (Å²) in [5.74, 6) is -8.80. The third-order valence-corrected chi connectivity index (χ3v) is 16.4. The molecular weight excluding hydrogens is 1200 g/mol. The van der Waals surface area contributed by atoms with Gasteiger partial charge in [0.05, 0.1) is 62.5 Å². The molecule has 7 amide bonds. The quantitative estimate of drug-likeness (QED) is 0.0185. The largest absolute Gasteiger partial charge is 0.504 e. The van der Waals surface area contributed by atoms with Crippen LogP contribution in [0.15, 0.2) is 66.7 Å². The van der Waals surface area contributed by atoms with Crippen LogP contribution in [0.25, 0.3) is 11.1 Å². The maximum Gasteiger partial charge on any atom is 0.261 e. The van der Waals surface area contributed by atoms with Crippen molar-refractivity contribution in [2.45, 2.75) is 170 Å². The lowest BCUT2D eigenvalue weighted by Crippen LogP contribution is -2.64. The summed E-state index contributed by atoms with van der Waals surface area (Å²) in [4.78, 5) is 104. The first-order valence-electron chi connectivity index (χ1n) is 30.2. The van der Waals surface area contributed by atoms with Gasteiger partial charge in [-0.2, -0.15) is 0 Å². The van der Waals surface area contributed by atoms with Crippen LogP contribution >= 0.6 is 12.3 Å². The summed E-state index contributed by atoms with van der Waals surface area (Å²) in [6.45, 7) is 2.51. The Morgan fingerprint density at radius 3 is 2.02 bits per heavy atom. The van der Waals surface area contributed by atoms with Crippen molar-refractivity contribution in [3.63, 3.8) is 0 Å². The van der Waals surface area contributed by atoms with Crippen molar-refractivity contribution in [1.29, 1.82) is 0 Å². The van der Waals surface area contributed by atoms with Gasteiger partial charge in [-0.25, -0.2) is 5.26 Å². The fraction of sp³-hybridized carbons (Fsp3) is 0.583. The van der Waals surface area contributed by atoms with E-state index in [0.29, 0.717) is 12.4 Å². The van der Waals surface area contributed by atoms with Gasteiger partial charge in [0.2, 0.25) is 35.4 Å². The molecule has 0 unspecified atom stereocenters. The first-order valence-corrected chi connectivity index (χ1v) is 30.9. The van der Waals surface area contributed by atoms with Gasteiger partial charge in [-0.05, 0) is 79.4 Å². The number of carbonyl (C=O) groups excluding carboxylic acids is 7. The lowest BCUT2D eigenvalue weighted by atomic mass is 9.98. The van der Waals surface area contributed by atoms with Crippen LogP contribution in [0.3, 0.4) is 0 Å². The van der Waals surface area contributed by atoms with E-state index in [-0.39, 0.29) is 42.3 Å². The molecule has 3 aliphatic rings. The molecule has 16 N–H and O–H groups in total. The molecule has 0 saturated carbocycles.